The first kappa shape index (κ1) is 19.8. The Morgan fingerprint density at radius 3 is 2.54 bits per heavy atom. The SMILES string of the molecule is Cc1nn(CC(=O)NCCCOC(C)c2ccccc2)c(=O)c2ccccc12. The van der Waals surface area contributed by atoms with Gasteiger partial charge in [-0.3, -0.25) is 9.59 Å². The van der Waals surface area contributed by atoms with Gasteiger partial charge in [-0.05, 0) is 31.9 Å². The Balaban J connectivity index is 1.47. The molecule has 6 nitrogen and oxygen atoms in total. The number of nitrogens with one attached hydrogen (secondary N) is 1. The molecule has 1 aromatic heterocycles. The highest BCUT2D eigenvalue weighted by Crippen LogP contribution is 2.15. The van der Waals surface area contributed by atoms with Crippen LogP contribution in [0.1, 0.15) is 30.7 Å². The molecule has 1 heterocycles. The van der Waals surface area contributed by atoms with Crippen molar-refractivity contribution < 1.29 is 9.53 Å². The maximum absolute atomic E-state index is 12.5. The molecule has 146 valence electrons. The fourth-order valence-corrected chi connectivity index (χ4v) is 3.08. The molecule has 0 saturated heterocycles. The number of rotatable bonds is 8. The van der Waals surface area contributed by atoms with Crippen molar-refractivity contribution in [3.05, 3.63) is 76.2 Å². The van der Waals surface area contributed by atoms with E-state index in [1.165, 1.54) is 4.68 Å². The second kappa shape index (κ2) is 9.28. The molecule has 3 rings (SSSR count). The van der Waals surface area contributed by atoms with E-state index < -0.39 is 0 Å². The van der Waals surface area contributed by atoms with E-state index >= 15 is 0 Å². The monoisotopic (exact) mass is 379 g/mol. The van der Waals surface area contributed by atoms with Crippen LogP contribution in [0.3, 0.4) is 0 Å². The van der Waals surface area contributed by atoms with Crippen LogP contribution in [0.2, 0.25) is 0 Å². The van der Waals surface area contributed by atoms with Crippen LogP contribution in [0, 0.1) is 6.92 Å². The third-order valence-corrected chi connectivity index (χ3v) is 4.63. The molecule has 1 N–H and O–H groups in total. The summed E-state index contributed by atoms with van der Waals surface area (Å²) >= 11 is 0. The summed E-state index contributed by atoms with van der Waals surface area (Å²) in [5, 5.41) is 8.47. The Bertz CT molecular complexity index is 999. The highest BCUT2D eigenvalue weighted by Gasteiger charge is 2.10. The van der Waals surface area contributed by atoms with Gasteiger partial charge in [-0.15, -0.1) is 0 Å². The van der Waals surface area contributed by atoms with Gasteiger partial charge < -0.3 is 10.1 Å². The number of aryl methyl sites for hydroxylation is 1. The van der Waals surface area contributed by atoms with Gasteiger partial charge in [0.1, 0.15) is 6.54 Å². The summed E-state index contributed by atoms with van der Waals surface area (Å²) < 4.78 is 7.02. The minimum atomic E-state index is -0.253. The topological polar surface area (TPSA) is 73.2 Å². The van der Waals surface area contributed by atoms with Gasteiger partial charge in [-0.2, -0.15) is 5.10 Å². The molecule has 1 amide bonds. The van der Waals surface area contributed by atoms with Gasteiger partial charge in [0.05, 0.1) is 17.2 Å². The number of aromatic nitrogens is 2. The Kier molecular flexibility index (Phi) is 6.55. The van der Waals surface area contributed by atoms with Crippen LogP contribution in [0.15, 0.2) is 59.4 Å². The van der Waals surface area contributed by atoms with Crippen LogP contribution in [-0.2, 0) is 16.1 Å². The zero-order valence-corrected chi connectivity index (χ0v) is 16.2. The summed E-state index contributed by atoms with van der Waals surface area (Å²) in [6.45, 7) is 4.78. The molecule has 0 radical (unpaired) electrons. The van der Waals surface area contributed by atoms with Gasteiger partial charge in [0.25, 0.3) is 5.56 Å². The van der Waals surface area contributed by atoms with Crippen LogP contribution >= 0.6 is 0 Å². The third-order valence-electron chi connectivity index (χ3n) is 4.63. The average Bonchev–Trinajstić information content (AvgIpc) is 2.72. The van der Waals surface area contributed by atoms with Crippen molar-refractivity contribution in [2.45, 2.75) is 32.9 Å². The van der Waals surface area contributed by atoms with Crippen molar-refractivity contribution in [2.75, 3.05) is 13.2 Å². The van der Waals surface area contributed by atoms with E-state index in [-0.39, 0.29) is 24.1 Å². The molecular formula is C22H25N3O3. The number of carbonyl (C=O) groups excluding carboxylic acids is 1. The molecule has 0 aliphatic rings. The van der Waals surface area contributed by atoms with Gasteiger partial charge in [-0.1, -0.05) is 48.5 Å². The minimum absolute atomic E-state index is 0.0141. The fourth-order valence-electron chi connectivity index (χ4n) is 3.08. The van der Waals surface area contributed by atoms with Crippen LogP contribution in [0.5, 0.6) is 0 Å². The first-order valence-electron chi connectivity index (χ1n) is 9.46. The molecule has 0 spiro atoms. The zero-order valence-electron chi connectivity index (χ0n) is 16.2. The summed E-state index contributed by atoms with van der Waals surface area (Å²) in [5.74, 6) is -0.236. The van der Waals surface area contributed by atoms with Gasteiger partial charge in [0.15, 0.2) is 0 Å². The molecule has 28 heavy (non-hydrogen) atoms. The number of nitrogens with zero attached hydrogens (tertiary/aromatic N) is 2. The number of ether oxygens (including phenoxy) is 1. The standard InChI is InChI=1S/C22H25N3O3/c1-16-19-11-6-7-12-20(19)22(27)25(24-16)15-21(26)23-13-8-14-28-17(2)18-9-4-3-5-10-18/h3-7,9-12,17H,8,13-15H2,1-2H3,(H,23,26). The highest BCUT2D eigenvalue weighted by atomic mass is 16.5. The zero-order chi connectivity index (χ0) is 19.9. The lowest BCUT2D eigenvalue weighted by Crippen LogP contribution is -2.34. The Labute approximate surface area is 164 Å². The van der Waals surface area contributed by atoms with E-state index in [4.69, 9.17) is 4.74 Å². The van der Waals surface area contributed by atoms with Crippen molar-refractivity contribution in [1.29, 1.82) is 0 Å². The van der Waals surface area contributed by atoms with Gasteiger partial charge in [0, 0.05) is 18.5 Å². The number of hydrogen-bond acceptors (Lipinski definition) is 4. The molecular weight excluding hydrogens is 354 g/mol. The lowest BCUT2D eigenvalue weighted by atomic mass is 10.1. The van der Waals surface area contributed by atoms with E-state index in [1.807, 2.05) is 62.4 Å². The molecule has 2 aromatic carbocycles. The molecule has 6 heteroatoms. The predicted molar refractivity (Wildman–Crippen MR) is 109 cm³/mol. The van der Waals surface area contributed by atoms with Crippen LogP contribution in [0.4, 0.5) is 0 Å². The summed E-state index contributed by atoms with van der Waals surface area (Å²) in [4.78, 5) is 24.7. The quantitative estimate of drug-likeness (QED) is 0.611. The summed E-state index contributed by atoms with van der Waals surface area (Å²) in [6, 6.07) is 17.3. The van der Waals surface area contributed by atoms with Crippen molar-refractivity contribution in [1.82, 2.24) is 15.1 Å². The van der Waals surface area contributed by atoms with Crippen LogP contribution in [0.25, 0.3) is 10.8 Å². The fraction of sp³-hybridized carbons (Fsp3) is 0.318. The number of carbonyl (C=O) groups is 1. The molecule has 1 unspecified atom stereocenters. The van der Waals surface area contributed by atoms with Crippen molar-refractivity contribution >= 4 is 16.7 Å². The number of fused-ring (bicyclic) bond motifs is 1. The normalized spacial score (nSPS) is 12.1. The van der Waals surface area contributed by atoms with E-state index in [0.717, 1.165) is 16.6 Å². The van der Waals surface area contributed by atoms with Gasteiger partial charge in [-0.25, -0.2) is 4.68 Å². The van der Waals surface area contributed by atoms with E-state index in [1.54, 1.807) is 6.07 Å². The largest absolute Gasteiger partial charge is 0.374 e. The number of benzene rings is 2. The Morgan fingerprint density at radius 2 is 1.79 bits per heavy atom. The third kappa shape index (κ3) is 4.84. The van der Waals surface area contributed by atoms with E-state index in [9.17, 15) is 9.59 Å². The molecule has 0 aliphatic carbocycles. The lowest BCUT2D eigenvalue weighted by Gasteiger charge is -2.13. The smallest absolute Gasteiger partial charge is 0.275 e. The van der Waals surface area contributed by atoms with Gasteiger partial charge >= 0.3 is 0 Å². The van der Waals surface area contributed by atoms with Crippen molar-refractivity contribution in [2.24, 2.45) is 0 Å². The maximum atomic E-state index is 12.5. The molecule has 1 atom stereocenters. The number of amides is 1. The minimum Gasteiger partial charge on any atom is -0.374 e. The molecule has 0 saturated carbocycles. The van der Waals surface area contributed by atoms with E-state index in [2.05, 4.69) is 10.4 Å². The summed E-state index contributed by atoms with van der Waals surface area (Å²) in [5.41, 5.74) is 1.60. The Morgan fingerprint density at radius 1 is 1.11 bits per heavy atom. The van der Waals surface area contributed by atoms with E-state index in [0.29, 0.717) is 25.0 Å². The molecule has 3 aromatic rings. The summed E-state index contributed by atoms with van der Waals surface area (Å²) in [7, 11) is 0. The first-order chi connectivity index (χ1) is 13.6. The number of hydrogen-bond donors (Lipinski definition) is 1. The lowest BCUT2D eigenvalue weighted by molar-refractivity contribution is -0.121. The molecule has 0 aliphatic heterocycles. The summed E-state index contributed by atoms with van der Waals surface area (Å²) in [6.07, 6.45) is 0.711. The first-order valence-corrected chi connectivity index (χ1v) is 9.46. The van der Waals surface area contributed by atoms with Crippen LogP contribution in [-0.4, -0.2) is 28.8 Å². The molecule has 0 fully saturated rings. The molecule has 0 bridgehead atoms. The van der Waals surface area contributed by atoms with Crippen molar-refractivity contribution in [3.63, 3.8) is 0 Å². The van der Waals surface area contributed by atoms with Crippen molar-refractivity contribution in [3.8, 4) is 0 Å². The second-order valence-electron chi connectivity index (χ2n) is 6.72. The average molecular weight is 379 g/mol. The van der Waals surface area contributed by atoms with Gasteiger partial charge in [0.2, 0.25) is 5.91 Å². The second-order valence-corrected chi connectivity index (χ2v) is 6.72. The Hall–Kier alpha value is -2.99. The predicted octanol–water partition coefficient (Wildman–Crippen LogP) is 2.99. The highest BCUT2D eigenvalue weighted by molar-refractivity contribution is 5.83. The maximum Gasteiger partial charge on any atom is 0.275 e. The van der Waals surface area contributed by atoms with Crippen LogP contribution < -0.4 is 10.9 Å².